The van der Waals surface area contributed by atoms with Gasteiger partial charge in [0.2, 0.25) is 0 Å². The molecule has 5 nitrogen and oxygen atoms in total. The van der Waals surface area contributed by atoms with E-state index < -0.39 is 0 Å². The van der Waals surface area contributed by atoms with Gasteiger partial charge in [0.25, 0.3) is 0 Å². The summed E-state index contributed by atoms with van der Waals surface area (Å²) in [5.41, 5.74) is 0.931. The normalized spacial score (nSPS) is 10.3. The van der Waals surface area contributed by atoms with Crippen LogP contribution in [-0.2, 0) is 11.3 Å². The third-order valence-electron chi connectivity index (χ3n) is 3.00. The predicted molar refractivity (Wildman–Crippen MR) is 94.8 cm³/mol. The summed E-state index contributed by atoms with van der Waals surface area (Å²) in [5, 5.41) is 6.88. The molecule has 0 amide bonds. The second kappa shape index (κ2) is 9.86. The maximum absolute atomic E-state index is 5.50. The lowest BCUT2D eigenvalue weighted by Crippen LogP contribution is -2.29. The molecule has 23 heavy (non-hydrogen) atoms. The zero-order valence-electron chi connectivity index (χ0n) is 13.2. The molecular weight excluding hydrogens is 312 g/mol. The van der Waals surface area contributed by atoms with Crippen molar-refractivity contribution in [2.24, 2.45) is 0 Å². The molecular formula is C17H22N2O3S. The average Bonchev–Trinajstić information content (AvgIpc) is 3.06. The Kier molecular flexibility index (Phi) is 7.42. The van der Waals surface area contributed by atoms with Gasteiger partial charge in [-0.15, -0.1) is 0 Å². The minimum absolute atomic E-state index is 0.502. The highest BCUT2D eigenvalue weighted by molar-refractivity contribution is 7.80. The van der Waals surface area contributed by atoms with Gasteiger partial charge in [-0.3, -0.25) is 0 Å². The smallest absolute Gasteiger partial charge is 0.170 e. The third kappa shape index (κ3) is 6.71. The van der Waals surface area contributed by atoms with Crippen molar-refractivity contribution in [1.82, 2.24) is 5.32 Å². The predicted octanol–water partition coefficient (Wildman–Crippen LogP) is 3.57. The molecule has 0 fully saturated rings. The third-order valence-corrected chi connectivity index (χ3v) is 3.25. The Balaban J connectivity index is 1.56. The molecule has 1 aromatic carbocycles. The topological polar surface area (TPSA) is 55.7 Å². The van der Waals surface area contributed by atoms with Crippen LogP contribution in [0, 0.1) is 0 Å². The fourth-order valence-electron chi connectivity index (χ4n) is 1.92. The summed E-state index contributed by atoms with van der Waals surface area (Å²) < 4.78 is 16.1. The Labute approximate surface area is 142 Å². The first-order valence-corrected chi connectivity index (χ1v) is 8.06. The van der Waals surface area contributed by atoms with Gasteiger partial charge in [-0.1, -0.05) is 0 Å². The molecule has 0 aliphatic carbocycles. The van der Waals surface area contributed by atoms with Gasteiger partial charge in [0, 0.05) is 18.8 Å². The van der Waals surface area contributed by atoms with Gasteiger partial charge in [0.1, 0.15) is 18.1 Å². The van der Waals surface area contributed by atoms with Gasteiger partial charge >= 0.3 is 0 Å². The lowest BCUT2D eigenvalue weighted by molar-refractivity contribution is 0.105. The van der Waals surface area contributed by atoms with E-state index in [0.29, 0.717) is 24.9 Å². The fraction of sp³-hybridized carbons (Fsp3) is 0.353. The number of anilines is 1. The van der Waals surface area contributed by atoms with Crippen molar-refractivity contribution in [3.8, 4) is 5.75 Å². The van der Waals surface area contributed by atoms with E-state index in [1.54, 1.807) is 6.26 Å². The summed E-state index contributed by atoms with van der Waals surface area (Å²) in [5.74, 6) is 1.69. The van der Waals surface area contributed by atoms with Crippen LogP contribution in [0.5, 0.6) is 5.75 Å². The van der Waals surface area contributed by atoms with Gasteiger partial charge in [-0.25, -0.2) is 0 Å². The molecule has 0 spiro atoms. The van der Waals surface area contributed by atoms with Crippen molar-refractivity contribution < 1.29 is 13.9 Å². The maximum atomic E-state index is 5.50. The average molecular weight is 334 g/mol. The molecule has 0 aliphatic rings. The number of hydrogen-bond acceptors (Lipinski definition) is 4. The summed E-state index contributed by atoms with van der Waals surface area (Å²) >= 11 is 5.25. The zero-order valence-corrected chi connectivity index (χ0v) is 14.0. The van der Waals surface area contributed by atoms with Gasteiger partial charge in [0.15, 0.2) is 5.11 Å². The highest BCUT2D eigenvalue weighted by Gasteiger charge is 1.99. The standard InChI is InChI=1S/C17H22N2O3S/c1-2-21-15-8-6-14(7-9-15)19-17(23)18-10-4-11-20-13-16-5-3-12-22-16/h3,5-9,12H,2,4,10-11,13H2,1H3,(H2,18,19,23). The molecule has 124 valence electrons. The molecule has 0 saturated heterocycles. The van der Waals surface area contributed by atoms with Crippen molar-refractivity contribution in [3.05, 3.63) is 48.4 Å². The molecule has 0 bridgehead atoms. The van der Waals surface area contributed by atoms with E-state index in [4.69, 9.17) is 26.1 Å². The highest BCUT2D eigenvalue weighted by Crippen LogP contribution is 2.15. The van der Waals surface area contributed by atoms with E-state index >= 15 is 0 Å². The van der Waals surface area contributed by atoms with Crippen molar-refractivity contribution in [2.75, 3.05) is 25.1 Å². The number of benzene rings is 1. The minimum atomic E-state index is 0.502. The quantitative estimate of drug-likeness (QED) is 0.540. The van der Waals surface area contributed by atoms with Crippen LogP contribution in [0.1, 0.15) is 19.1 Å². The van der Waals surface area contributed by atoms with E-state index in [-0.39, 0.29) is 0 Å². The Morgan fingerprint density at radius 3 is 2.74 bits per heavy atom. The first kappa shape index (κ1) is 17.3. The molecule has 2 aromatic rings. The van der Waals surface area contributed by atoms with Crippen LogP contribution in [0.15, 0.2) is 47.1 Å². The first-order chi connectivity index (χ1) is 11.3. The van der Waals surface area contributed by atoms with E-state index in [1.165, 1.54) is 0 Å². The van der Waals surface area contributed by atoms with Crippen molar-refractivity contribution in [1.29, 1.82) is 0 Å². The fourth-order valence-corrected chi connectivity index (χ4v) is 2.14. The van der Waals surface area contributed by atoms with Gasteiger partial charge in [-0.2, -0.15) is 0 Å². The first-order valence-electron chi connectivity index (χ1n) is 7.66. The number of furan rings is 1. The van der Waals surface area contributed by atoms with Gasteiger partial charge in [-0.05, 0) is 62.0 Å². The van der Waals surface area contributed by atoms with Crippen LogP contribution in [0.4, 0.5) is 5.69 Å². The Bertz CT molecular complexity index is 570. The minimum Gasteiger partial charge on any atom is -0.494 e. The summed E-state index contributed by atoms with van der Waals surface area (Å²) in [6.07, 6.45) is 2.51. The second-order valence-electron chi connectivity index (χ2n) is 4.82. The Morgan fingerprint density at radius 1 is 1.22 bits per heavy atom. The summed E-state index contributed by atoms with van der Waals surface area (Å²) in [6.45, 7) is 4.53. The molecule has 0 atom stereocenters. The monoisotopic (exact) mass is 334 g/mol. The van der Waals surface area contributed by atoms with Crippen LogP contribution in [0.3, 0.4) is 0 Å². The molecule has 6 heteroatoms. The molecule has 0 saturated carbocycles. The Morgan fingerprint density at radius 2 is 2.04 bits per heavy atom. The van der Waals surface area contributed by atoms with E-state index in [2.05, 4.69) is 10.6 Å². The number of nitrogens with one attached hydrogen (secondary N) is 2. The summed E-state index contributed by atoms with van der Waals surface area (Å²) in [7, 11) is 0. The number of thiocarbonyl (C=S) groups is 1. The van der Waals surface area contributed by atoms with E-state index in [1.807, 2.05) is 43.3 Å². The Hall–Kier alpha value is -2.05. The van der Waals surface area contributed by atoms with Crippen LogP contribution in [0.25, 0.3) is 0 Å². The van der Waals surface area contributed by atoms with Crippen molar-refractivity contribution in [3.63, 3.8) is 0 Å². The number of rotatable bonds is 9. The van der Waals surface area contributed by atoms with Crippen LogP contribution in [0.2, 0.25) is 0 Å². The van der Waals surface area contributed by atoms with Gasteiger partial charge in [0.05, 0.1) is 12.9 Å². The summed E-state index contributed by atoms with van der Waals surface area (Å²) in [6, 6.07) is 11.4. The van der Waals surface area contributed by atoms with Crippen molar-refractivity contribution >= 4 is 23.0 Å². The van der Waals surface area contributed by atoms with E-state index in [9.17, 15) is 0 Å². The van der Waals surface area contributed by atoms with Gasteiger partial charge < -0.3 is 24.5 Å². The second-order valence-corrected chi connectivity index (χ2v) is 5.23. The summed E-state index contributed by atoms with van der Waals surface area (Å²) in [4.78, 5) is 0. The maximum Gasteiger partial charge on any atom is 0.170 e. The van der Waals surface area contributed by atoms with E-state index in [0.717, 1.165) is 30.2 Å². The lowest BCUT2D eigenvalue weighted by atomic mass is 10.3. The SMILES string of the molecule is CCOc1ccc(NC(=S)NCCCOCc2ccco2)cc1. The van der Waals surface area contributed by atoms with Crippen molar-refractivity contribution in [2.45, 2.75) is 20.0 Å². The largest absolute Gasteiger partial charge is 0.494 e. The molecule has 0 aliphatic heterocycles. The molecule has 0 unspecified atom stereocenters. The molecule has 0 radical (unpaired) electrons. The zero-order chi connectivity index (χ0) is 16.3. The number of ether oxygens (including phenoxy) is 2. The lowest BCUT2D eigenvalue weighted by Gasteiger charge is -2.11. The molecule has 2 rings (SSSR count). The number of hydrogen-bond donors (Lipinski definition) is 2. The molecule has 2 N–H and O–H groups in total. The molecule has 1 aromatic heterocycles. The highest BCUT2D eigenvalue weighted by atomic mass is 32.1. The van der Waals surface area contributed by atoms with Crippen LogP contribution in [-0.4, -0.2) is 24.9 Å². The van der Waals surface area contributed by atoms with Crippen LogP contribution < -0.4 is 15.4 Å². The molecule has 1 heterocycles. The van der Waals surface area contributed by atoms with Crippen LogP contribution >= 0.6 is 12.2 Å².